The summed E-state index contributed by atoms with van der Waals surface area (Å²) in [7, 11) is -4.51. The molecular weight excluding hydrogens is 260 g/mol. The molecule has 0 heterocycles. The van der Waals surface area contributed by atoms with E-state index in [2.05, 4.69) is 51.4 Å². The molecule has 0 bridgehead atoms. The van der Waals surface area contributed by atoms with Crippen molar-refractivity contribution in [3.05, 3.63) is 12.7 Å². The second-order valence-corrected chi connectivity index (χ2v) is 13.6. The number of rotatable bonds is 6. The van der Waals surface area contributed by atoms with Crippen molar-refractivity contribution in [1.82, 2.24) is 0 Å². The van der Waals surface area contributed by atoms with Gasteiger partial charge in [0.1, 0.15) is 0 Å². The van der Waals surface area contributed by atoms with Crippen molar-refractivity contribution < 1.29 is 4.21 Å². The van der Waals surface area contributed by atoms with E-state index in [1.165, 1.54) is 0 Å². The summed E-state index contributed by atoms with van der Waals surface area (Å²) in [5, 5.41) is 6.05. The lowest BCUT2D eigenvalue weighted by Crippen LogP contribution is -2.38. The number of nitrogens with two attached hydrogens (primary N) is 1. The van der Waals surface area contributed by atoms with Gasteiger partial charge in [0.05, 0.1) is 9.92 Å². The van der Waals surface area contributed by atoms with Crippen molar-refractivity contribution in [2.45, 2.75) is 58.7 Å². The molecule has 18 heavy (non-hydrogen) atoms. The Kier molecular flexibility index (Phi) is 6.30. The van der Waals surface area contributed by atoms with Crippen LogP contribution in [-0.4, -0.2) is 18.2 Å². The van der Waals surface area contributed by atoms with Gasteiger partial charge in [0.15, 0.2) is 8.24 Å². The SMILES string of the molecule is C=CCC(CC)CS(N)(=O)=N[Si](C)(C)C(C)(C)C. The first kappa shape index (κ1) is 17.9. The highest BCUT2D eigenvalue weighted by molar-refractivity contribution is 7.92. The van der Waals surface area contributed by atoms with Gasteiger partial charge in [-0.1, -0.05) is 40.2 Å². The van der Waals surface area contributed by atoms with Gasteiger partial charge < -0.3 is 0 Å². The first-order valence-corrected chi connectivity index (χ1v) is 11.3. The maximum atomic E-state index is 12.5. The number of nitrogens with zero attached hydrogens (tertiary/aromatic N) is 1. The van der Waals surface area contributed by atoms with E-state index in [9.17, 15) is 4.21 Å². The number of hydrogen-bond acceptors (Lipinski definition) is 2. The second-order valence-electron chi connectivity index (χ2n) is 6.56. The molecule has 0 fully saturated rings. The van der Waals surface area contributed by atoms with Gasteiger partial charge in [-0.25, -0.2) is 9.35 Å². The van der Waals surface area contributed by atoms with E-state index in [0.29, 0.717) is 11.7 Å². The lowest BCUT2D eigenvalue weighted by molar-refractivity contribution is 0.568. The van der Waals surface area contributed by atoms with Crippen LogP contribution >= 0.6 is 0 Å². The van der Waals surface area contributed by atoms with E-state index in [-0.39, 0.29) is 5.04 Å². The van der Waals surface area contributed by atoms with Crippen LogP contribution in [0.4, 0.5) is 0 Å². The van der Waals surface area contributed by atoms with Gasteiger partial charge in [-0.3, -0.25) is 4.03 Å². The Morgan fingerprint density at radius 3 is 2.28 bits per heavy atom. The zero-order chi connectivity index (χ0) is 14.6. The molecule has 0 saturated carbocycles. The number of hydrogen-bond donors (Lipinski definition) is 1. The highest BCUT2D eigenvalue weighted by Crippen LogP contribution is 2.37. The summed E-state index contributed by atoms with van der Waals surface area (Å²) in [6.07, 6.45) is 3.70. The van der Waals surface area contributed by atoms with Crippen LogP contribution in [0.15, 0.2) is 16.7 Å². The third-order valence-electron chi connectivity index (χ3n) is 3.77. The molecule has 2 unspecified atom stereocenters. The molecule has 0 aromatic carbocycles. The van der Waals surface area contributed by atoms with Gasteiger partial charge in [0.2, 0.25) is 0 Å². The van der Waals surface area contributed by atoms with E-state index >= 15 is 0 Å². The van der Waals surface area contributed by atoms with Crippen molar-refractivity contribution in [2.24, 2.45) is 15.1 Å². The average molecular weight is 291 g/mol. The molecule has 0 spiro atoms. The molecule has 0 aromatic rings. The van der Waals surface area contributed by atoms with Gasteiger partial charge in [-0.2, -0.15) is 0 Å². The molecule has 2 N–H and O–H groups in total. The van der Waals surface area contributed by atoms with Gasteiger partial charge in [-0.15, -0.1) is 6.58 Å². The second kappa shape index (κ2) is 6.35. The third kappa shape index (κ3) is 5.67. The Balaban J connectivity index is 5.14. The fraction of sp³-hybridized carbons (Fsp3) is 0.846. The topological polar surface area (TPSA) is 55.5 Å². The summed E-state index contributed by atoms with van der Waals surface area (Å²) in [6, 6.07) is 0. The first-order valence-electron chi connectivity index (χ1n) is 6.60. The summed E-state index contributed by atoms with van der Waals surface area (Å²) < 4.78 is 17.1. The third-order valence-corrected chi connectivity index (χ3v) is 11.5. The van der Waals surface area contributed by atoms with Crippen LogP contribution in [-0.2, 0) is 9.92 Å². The summed E-state index contributed by atoms with van der Waals surface area (Å²) in [5.41, 5.74) is 0. The Bertz CT molecular complexity index is 390. The smallest absolute Gasteiger partial charge is 0.194 e. The lowest BCUT2D eigenvalue weighted by Gasteiger charge is -2.33. The van der Waals surface area contributed by atoms with Crippen molar-refractivity contribution in [3.63, 3.8) is 0 Å². The lowest BCUT2D eigenvalue weighted by atomic mass is 10.1. The van der Waals surface area contributed by atoms with Crippen LogP contribution in [0.5, 0.6) is 0 Å². The van der Waals surface area contributed by atoms with E-state index < -0.39 is 18.2 Å². The molecule has 0 saturated heterocycles. The van der Waals surface area contributed by atoms with Crippen LogP contribution in [0.25, 0.3) is 0 Å². The zero-order valence-electron chi connectivity index (χ0n) is 12.8. The largest absolute Gasteiger partial charge is 0.265 e. The zero-order valence-corrected chi connectivity index (χ0v) is 14.6. The molecule has 0 rings (SSSR count). The molecule has 0 aliphatic heterocycles. The van der Waals surface area contributed by atoms with Crippen LogP contribution in [0.1, 0.15) is 40.5 Å². The number of allylic oxidation sites excluding steroid dienone is 1. The summed E-state index contributed by atoms with van der Waals surface area (Å²) in [5.74, 6) is 0.815. The standard InChI is InChI=1S/C13H30N2OSSi/c1-8-10-12(9-2)11-17(14,16)15-18(6,7)13(3,4)5/h8,12H,1,9-11H2,2-7H3,(H2,14,15,16). The molecule has 0 aliphatic carbocycles. The molecule has 0 radical (unpaired) electrons. The van der Waals surface area contributed by atoms with Crippen molar-refractivity contribution in [3.8, 4) is 0 Å². The molecule has 108 valence electrons. The minimum Gasteiger partial charge on any atom is -0.265 e. The average Bonchev–Trinajstić information content (AvgIpc) is 2.13. The molecule has 2 atom stereocenters. The Morgan fingerprint density at radius 1 is 1.44 bits per heavy atom. The normalized spacial score (nSPS) is 17.9. The fourth-order valence-corrected chi connectivity index (χ4v) is 7.02. The van der Waals surface area contributed by atoms with Crippen molar-refractivity contribution in [1.29, 1.82) is 0 Å². The molecule has 0 aromatic heterocycles. The molecule has 0 amide bonds. The highest BCUT2D eigenvalue weighted by Gasteiger charge is 2.37. The predicted octanol–water partition coefficient (Wildman–Crippen LogP) is 3.94. The predicted molar refractivity (Wildman–Crippen MR) is 85.4 cm³/mol. The van der Waals surface area contributed by atoms with Crippen molar-refractivity contribution >= 4 is 18.2 Å². The maximum Gasteiger partial charge on any atom is 0.194 e. The monoisotopic (exact) mass is 290 g/mol. The first-order chi connectivity index (χ1) is 7.95. The molecule has 3 nitrogen and oxygen atoms in total. The van der Waals surface area contributed by atoms with Crippen LogP contribution in [0.2, 0.25) is 18.1 Å². The van der Waals surface area contributed by atoms with Crippen LogP contribution in [0.3, 0.4) is 0 Å². The Hall–Kier alpha value is -0.133. The quantitative estimate of drug-likeness (QED) is 0.584. The summed E-state index contributed by atoms with van der Waals surface area (Å²) in [6.45, 7) is 16.6. The maximum absolute atomic E-state index is 12.5. The van der Waals surface area contributed by atoms with E-state index in [0.717, 1.165) is 12.8 Å². The van der Waals surface area contributed by atoms with Crippen LogP contribution < -0.4 is 5.14 Å². The van der Waals surface area contributed by atoms with E-state index in [1.54, 1.807) is 0 Å². The molecule has 5 heteroatoms. The van der Waals surface area contributed by atoms with Gasteiger partial charge in [0, 0.05) is 5.75 Å². The highest BCUT2D eigenvalue weighted by atomic mass is 32.2. The van der Waals surface area contributed by atoms with E-state index in [4.69, 9.17) is 5.14 Å². The van der Waals surface area contributed by atoms with Crippen molar-refractivity contribution in [2.75, 3.05) is 5.75 Å². The Morgan fingerprint density at radius 2 is 1.94 bits per heavy atom. The van der Waals surface area contributed by atoms with Gasteiger partial charge in [0.25, 0.3) is 0 Å². The summed E-state index contributed by atoms with van der Waals surface area (Å²) >= 11 is 0. The van der Waals surface area contributed by atoms with Gasteiger partial charge in [-0.05, 0) is 30.5 Å². The van der Waals surface area contributed by atoms with Gasteiger partial charge >= 0.3 is 0 Å². The molecular formula is C13H30N2OSSi. The molecule has 0 aliphatic rings. The summed E-state index contributed by atoms with van der Waals surface area (Å²) in [4.78, 5) is 0. The Labute approximate surface area is 115 Å². The minimum atomic E-state index is -2.57. The minimum absolute atomic E-state index is 0.0785. The van der Waals surface area contributed by atoms with Crippen LogP contribution in [0, 0.1) is 5.92 Å². The van der Waals surface area contributed by atoms with E-state index in [1.807, 2.05) is 6.08 Å². The fourth-order valence-electron chi connectivity index (χ4n) is 1.49.